The lowest BCUT2D eigenvalue weighted by molar-refractivity contribution is -0.111. The summed E-state index contributed by atoms with van der Waals surface area (Å²) in [5.41, 5.74) is 1.43. The summed E-state index contributed by atoms with van der Waals surface area (Å²) in [6.07, 6.45) is 3.19. The van der Waals surface area contributed by atoms with Crippen LogP contribution in [0.25, 0.3) is 6.08 Å². The van der Waals surface area contributed by atoms with Crippen molar-refractivity contribution in [3.63, 3.8) is 0 Å². The summed E-state index contributed by atoms with van der Waals surface area (Å²) in [4.78, 5) is 14.8. The SMILES string of the molecule is COc1ccc(Br)cc1/C=C/C(=O)Nc1ccc(OC)c(OCCN(C(C)C)C(C)C)c1. The molecule has 0 heterocycles. The van der Waals surface area contributed by atoms with Gasteiger partial charge in [0.25, 0.3) is 0 Å². The van der Waals surface area contributed by atoms with Crippen LogP contribution in [0.3, 0.4) is 0 Å². The van der Waals surface area contributed by atoms with Crippen LogP contribution in [-0.4, -0.2) is 50.3 Å². The molecule has 174 valence electrons. The number of hydrogen-bond acceptors (Lipinski definition) is 5. The first-order chi connectivity index (χ1) is 15.2. The summed E-state index contributed by atoms with van der Waals surface area (Å²) in [5, 5.41) is 2.87. The van der Waals surface area contributed by atoms with Gasteiger partial charge in [-0.05, 0) is 64.1 Å². The van der Waals surface area contributed by atoms with Crippen molar-refractivity contribution in [3.05, 3.63) is 52.5 Å². The van der Waals surface area contributed by atoms with E-state index >= 15 is 0 Å². The van der Waals surface area contributed by atoms with Gasteiger partial charge in [-0.1, -0.05) is 15.9 Å². The van der Waals surface area contributed by atoms with Crippen molar-refractivity contribution in [2.24, 2.45) is 0 Å². The third kappa shape index (κ3) is 7.57. The average Bonchev–Trinajstić information content (AvgIpc) is 2.75. The van der Waals surface area contributed by atoms with Gasteiger partial charge >= 0.3 is 0 Å². The van der Waals surface area contributed by atoms with Crippen LogP contribution in [0.15, 0.2) is 46.9 Å². The van der Waals surface area contributed by atoms with Gasteiger partial charge in [0.15, 0.2) is 11.5 Å². The molecule has 0 radical (unpaired) electrons. The minimum Gasteiger partial charge on any atom is -0.496 e. The maximum Gasteiger partial charge on any atom is 0.248 e. The van der Waals surface area contributed by atoms with Gasteiger partial charge in [0.1, 0.15) is 12.4 Å². The predicted molar refractivity (Wildman–Crippen MR) is 134 cm³/mol. The number of halogens is 1. The van der Waals surface area contributed by atoms with E-state index in [1.807, 2.05) is 18.2 Å². The number of carbonyl (C=O) groups is 1. The molecule has 0 saturated heterocycles. The van der Waals surface area contributed by atoms with E-state index in [4.69, 9.17) is 14.2 Å². The molecule has 2 rings (SSSR count). The molecule has 1 amide bonds. The fourth-order valence-electron chi connectivity index (χ4n) is 3.43. The Morgan fingerprint density at radius 1 is 1.00 bits per heavy atom. The number of benzene rings is 2. The molecule has 0 aromatic heterocycles. The molecule has 0 aliphatic heterocycles. The summed E-state index contributed by atoms with van der Waals surface area (Å²) in [5.74, 6) is 1.65. The number of anilines is 1. The van der Waals surface area contributed by atoms with Crippen molar-refractivity contribution in [1.29, 1.82) is 0 Å². The molecule has 0 aliphatic carbocycles. The van der Waals surface area contributed by atoms with Crippen LogP contribution in [0.4, 0.5) is 5.69 Å². The molecule has 0 saturated carbocycles. The van der Waals surface area contributed by atoms with E-state index in [1.54, 1.807) is 38.5 Å². The number of rotatable bonds is 11. The third-order valence-corrected chi connectivity index (χ3v) is 5.46. The molecule has 0 fully saturated rings. The summed E-state index contributed by atoms with van der Waals surface area (Å²) in [6, 6.07) is 11.8. The number of amides is 1. The zero-order valence-corrected chi connectivity index (χ0v) is 21.2. The second-order valence-corrected chi connectivity index (χ2v) is 8.76. The summed E-state index contributed by atoms with van der Waals surface area (Å²) >= 11 is 3.43. The monoisotopic (exact) mass is 504 g/mol. The van der Waals surface area contributed by atoms with Gasteiger partial charge in [-0.2, -0.15) is 0 Å². The highest BCUT2D eigenvalue weighted by Gasteiger charge is 2.14. The number of nitrogens with one attached hydrogen (secondary N) is 1. The van der Waals surface area contributed by atoms with Gasteiger partial charge in [-0.3, -0.25) is 9.69 Å². The van der Waals surface area contributed by atoms with Crippen molar-refractivity contribution >= 4 is 33.6 Å². The van der Waals surface area contributed by atoms with Crippen LogP contribution in [-0.2, 0) is 4.79 Å². The van der Waals surface area contributed by atoms with Gasteiger partial charge < -0.3 is 19.5 Å². The summed E-state index contributed by atoms with van der Waals surface area (Å²) in [6.45, 7) is 10.0. The van der Waals surface area contributed by atoms with E-state index in [0.29, 0.717) is 41.6 Å². The standard InChI is InChI=1S/C25H33BrN2O4/c1-17(2)28(18(3)4)13-14-32-24-16-21(9-11-23(24)31-6)27-25(29)12-7-19-15-20(26)8-10-22(19)30-5/h7-12,15-18H,13-14H2,1-6H3,(H,27,29)/b12-7+. The Kier molecular flexibility index (Phi) is 10.1. The first kappa shape index (κ1) is 25.7. The number of ether oxygens (including phenoxy) is 3. The predicted octanol–water partition coefficient (Wildman–Crippen LogP) is 5.62. The zero-order chi connectivity index (χ0) is 23.7. The fraction of sp³-hybridized carbons (Fsp3) is 0.400. The van der Waals surface area contributed by atoms with Gasteiger partial charge in [-0.15, -0.1) is 0 Å². The highest BCUT2D eigenvalue weighted by atomic mass is 79.9. The molecule has 0 spiro atoms. The largest absolute Gasteiger partial charge is 0.496 e. The van der Waals surface area contributed by atoms with E-state index < -0.39 is 0 Å². The smallest absolute Gasteiger partial charge is 0.248 e. The fourth-order valence-corrected chi connectivity index (χ4v) is 3.80. The average molecular weight is 505 g/mol. The molecular formula is C25H33BrN2O4. The molecule has 0 unspecified atom stereocenters. The van der Waals surface area contributed by atoms with Crippen molar-refractivity contribution < 1.29 is 19.0 Å². The quantitative estimate of drug-likeness (QED) is 0.402. The van der Waals surface area contributed by atoms with Crippen LogP contribution in [0.2, 0.25) is 0 Å². The number of carbonyl (C=O) groups excluding carboxylic acids is 1. The Balaban J connectivity index is 2.06. The Hall–Kier alpha value is -2.51. The Morgan fingerprint density at radius 3 is 2.28 bits per heavy atom. The lowest BCUT2D eigenvalue weighted by atomic mass is 10.2. The van der Waals surface area contributed by atoms with Crippen molar-refractivity contribution in [2.75, 3.05) is 32.7 Å². The molecule has 7 heteroatoms. The second-order valence-electron chi connectivity index (χ2n) is 7.85. The van der Waals surface area contributed by atoms with E-state index in [9.17, 15) is 4.79 Å². The topological polar surface area (TPSA) is 60.0 Å². The Bertz CT molecular complexity index is 920. The minimum absolute atomic E-state index is 0.256. The van der Waals surface area contributed by atoms with Crippen LogP contribution < -0.4 is 19.5 Å². The number of methoxy groups -OCH3 is 2. The normalized spacial score (nSPS) is 11.4. The molecule has 32 heavy (non-hydrogen) atoms. The van der Waals surface area contributed by atoms with Crippen LogP contribution in [0, 0.1) is 0 Å². The Labute approximate surface area is 199 Å². The number of nitrogens with zero attached hydrogens (tertiary/aromatic N) is 1. The van der Waals surface area contributed by atoms with Crippen molar-refractivity contribution in [2.45, 2.75) is 39.8 Å². The van der Waals surface area contributed by atoms with Gasteiger partial charge in [0, 0.05) is 46.5 Å². The van der Waals surface area contributed by atoms with Crippen LogP contribution >= 0.6 is 15.9 Å². The molecule has 2 aromatic carbocycles. The maximum absolute atomic E-state index is 12.5. The molecule has 0 bridgehead atoms. The van der Waals surface area contributed by atoms with Gasteiger partial charge in [0.05, 0.1) is 14.2 Å². The lowest BCUT2D eigenvalue weighted by Crippen LogP contribution is -2.39. The van der Waals surface area contributed by atoms with E-state index in [1.165, 1.54) is 6.08 Å². The highest BCUT2D eigenvalue weighted by Crippen LogP contribution is 2.30. The lowest BCUT2D eigenvalue weighted by Gasteiger charge is -2.30. The first-order valence-corrected chi connectivity index (χ1v) is 11.4. The van der Waals surface area contributed by atoms with Gasteiger partial charge in [-0.25, -0.2) is 0 Å². The third-order valence-electron chi connectivity index (χ3n) is 4.97. The second kappa shape index (κ2) is 12.5. The first-order valence-electron chi connectivity index (χ1n) is 10.6. The van der Waals surface area contributed by atoms with E-state index in [2.05, 4.69) is 53.8 Å². The number of hydrogen-bond donors (Lipinski definition) is 1. The van der Waals surface area contributed by atoms with Gasteiger partial charge in [0.2, 0.25) is 5.91 Å². The van der Waals surface area contributed by atoms with E-state index in [-0.39, 0.29) is 5.91 Å². The maximum atomic E-state index is 12.5. The molecule has 2 aromatic rings. The molecule has 1 N–H and O–H groups in total. The minimum atomic E-state index is -0.256. The highest BCUT2D eigenvalue weighted by molar-refractivity contribution is 9.10. The Morgan fingerprint density at radius 2 is 1.66 bits per heavy atom. The van der Waals surface area contributed by atoms with Crippen LogP contribution in [0.5, 0.6) is 17.2 Å². The zero-order valence-electron chi connectivity index (χ0n) is 19.6. The molecule has 0 aliphatic rings. The molecule has 6 nitrogen and oxygen atoms in total. The molecular weight excluding hydrogens is 472 g/mol. The molecule has 0 atom stereocenters. The van der Waals surface area contributed by atoms with Crippen molar-refractivity contribution in [1.82, 2.24) is 4.90 Å². The summed E-state index contributed by atoms with van der Waals surface area (Å²) < 4.78 is 17.7. The summed E-state index contributed by atoms with van der Waals surface area (Å²) in [7, 11) is 3.20. The van der Waals surface area contributed by atoms with E-state index in [0.717, 1.165) is 16.6 Å². The van der Waals surface area contributed by atoms with Crippen LogP contribution in [0.1, 0.15) is 33.3 Å². The van der Waals surface area contributed by atoms with Crippen molar-refractivity contribution in [3.8, 4) is 17.2 Å².